The van der Waals surface area contributed by atoms with Crippen LogP contribution in [0.5, 0.6) is 17.4 Å². The number of hydrogen-bond donors (Lipinski definition) is 1. The van der Waals surface area contributed by atoms with Gasteiger partial charge in [0.25, 0.3) is 5.88 Å². The topological polar surface area (TPSA) is 51.6 Å². The van der Waals surface area contributed by atoms with Crippen LogP contribution in [0.2, 0.25) is 0 Å². The zero-order chi connectivity index (χ0) is 8.27. The fourth-order valence-corrected chi connectivity index (χ4v) is 0.732. The molecule has 1 aromatic rings. The normalized spacial score (nSPS) is 9.27. The van der Waals surface area contributed by atoms with Gasteiger partial charge in [0.05, 0.1) is 14.2 Å². The molecule has 0 bridgehead atoms. The first-order chi connectivity index (χ1) is 5.29. The summed E-state index contributed by atoms with van der Waals surface area (Å²) in [5.41, 5.74) is 0. The van der Waals surface area contributed by atoms with Gasteiger partial charge in [0.15, 0.2) is 5.75 Å². The van der Waals surface area contributed by atoms with Gasteiger partial charge in [-0.2, -0.15) is 0 Å². The number of ether oxygens (including phenoxy) is 2. The van der Waals surface area contributed by atoms with Crippen molar-refractivity contribution in [3.8, 4) is 17.4 Å². The summed E-state index contributed by atoms with van der Waals surface area (Å²) in [6.45, 7) is 0. The summed E-state index contributed by atoms with van der Waals surface area (Å²) < 4.78 is 9.56. The number of aromatic nitrogens is 1. The summed E-state index contributed by atoms with van der Waals surface area (Å²) in [6, 6.07) is 1.55. The van der Waals surface area contributed by atoms with E-state index < -0.39 is 0 Å². The van der Waals surface area contributed by atoms with Crippen LogP contribution in [0.25, 0.3) is 0 Å². The molecule has 0 aliphatic heterocycles. The van der Waals surface area contributed by atoms with Crippen LogP contribution in [-0.4, -0.2) is 24.3 Å². The molecule has 0 spiro atoms. The second kappa shape index (κ2) is 3.09. The highest BCUT2D eigenvalue weighted by Crippen LogP contribution is 2.32. The van der Waals surface area contributed by atoms with Crippen molar-refractivity contribution in [3.63, 3.8) is 0 Å². The van der Waals surface area contributed by atoms with Crippen LogP contribution < -0.4 is 9.47 Å². The van der Waals surface area contributed by atoms with Crippen molar-refractivity contribution in [1.29, 1.82) is 0 Å². The molecular weight excluding hydrogens is 146 g/mol. The minimum Gasteiger partial charge on any atom is -0.501 e. The van der Waals surface area contributed by atoms with Crippen molar-refractivity contribution in [1.82, 2.24) is 4.98 Å². The van der Waals surface area contributed by atoms with Crippen molar-refractivity contribution in [3.05, 3.63) is 12.3 Å². The molecule has 0 fully saturated rings. The Labute approximate surface area is 64.4 Å². The van der Waals surface area contributed by atoms with Crippen LogP contribution in [0.15, 0.2) is 12.3 Å². The molecule has 1 heterocycles. The predicted molar refractivity (Wildman–Crippen MR) is 39.0 cm³/mol. The molecule has 60 valence electrons. The first kappa shape index (κ1) is 7.65. The van der Waals surface area contributed by atoms with Crippen LogP contribution in [0.4, 0.5) is 0 Å². The Balaban J connectivity index is 3.10. The zero-order valence-electron chi connectivity index (χ0n) is 6.37. The van der Waals surface area contributed by atoms with Gasteiger partial charge in [-0.15, -0.1) is 0 Å². The van der Waals surface area contributed by atoms with E-state index >= 15 is 0 Å². The quantitative estimate of drug-likeness (QED) is 0.686. The van der Waals surface area contributed by atoms with Crippen LogP contribution >= 0.6 is 0 Å². The Hall–Kier alpha value is -1.45. The molecule has 11 heavy (non-hydrogen) atoms. The van der Waals surface area contributed by atoms with E-state index in [1.807, 2.05) is 0 Å². The van der Waals surface area contributed by atoms with Gasteiger partial charge in [-0.3, -0.25) is 0 Å². The van der Waals surface area contributed by atoms with Crippen molar-refractivity contribution in [2.45, 2.75) is 0 Å². The number of nitrogens with zero attached hydrogens (tertiary/aromatic N) is 1. The van der Waals surface area contributed by atoms with Crippen LogP contribution in [0.1, 0.15) is 0 Å². The summed E-state index contributed by atoms with van der Waals surface area (Å²) in [4.78, 5) is 3.75. The lowest BCUT2D eigenvalue weighted by Gasteiger charge is -2.04. The molecule has 0 saturated heterocycles. The second-order valence-corrected chi connectivity index (χ2v) is 1.87. The number of hydrogen-bond acceptors (Lipinski definition) is 4. The van der Waals surface area contributed by atoms with E-state index in [9.17, 15) is 5.11 Å². The van der Waals surface area contributed by atoms with E-state index in [-0.39, 0.29) is 11.6 Å². The van der Waals surface area contributed by atoms with Crippen molar-refractivity contribution < 1.29 is 14.6 Å². The van der Waals surface area contributed by atoms with E-state index in [2.05, 4.69) is 4.98 Å². The predicted octanol–water partition coefficient (Wildman–Crippen LogP) is 0.804. The second-order valence-electron chi connectivity index (χ2n) is 1.87. The number of methoxy groups -OCH3 is 2. The van der Waals surface area contributed by atoms with E-state index in [4.69, 9.17) is 9.47 Å². The van der Waals surface area contributed by atoms with Crippen LogP contribution in [0.3, 0.4) is 0 Å². The van der Waals surface area contributed by atoms with Crippen molar-refractivity contribution in [2.24, 2.45) is 0 Å². The Morgan fingerprint density at radius 1 is 1.36 bits per heavy atom. The number of rotatable bonds is 2. The van der Waals surface area contributed by atoms with E-state index in [1.54, 1.807) is 6.07 Å². The van der Waals surface area contributed by atoms with Crippen molar-refractivity contribution >= 4 is 0 Å². The van der Waals surface area contributed by atoms with Gasteiger partial charge in [0, 0.05) is 12.3 Å². The molecule has 4 nitrogen and oxygen atoms in total. The van der Waals surface area contributed by atoms with Crippen molar-refractivity contribution in [2.75, 3.05) is 14.2 Å². The number of aromatic hydroxyl groups is 1. The first-order valence-corrected chi connectivity index (χ1v) is 3.05. The molecule has 0 unspecified atom stereocenters. The SMILES string of the molecule is COc1ccnc(OC)c1O. The maximum absolute atomic E-state index is 9.28. The molecule has 1 N–H and O–H groups in total. The molecule has 1 aromatic heterocycles. The van der Waals surface area contributed by atoms with Gasteiger partial charge in [-0.25, -0.2) is 4.98 Å². The lowest BCUT2D eigenvalue weighted by Crippen LogP contribution is -1.90. The first-order valence-electron chi connectivity index (χ1n) is 3.05. The summed E-state index contributed by atoms with van der Waals surface area (Å²) in [7, 11) is 2.90. The fourth-order valence-electron chi connectivity index (χ4n) is 0.732. The van der Waals surface area contributed by atoms with Gasteiger partial charge < -0.3 is 14.6 Å². The third-order valence-corrected chi connectivity index (χ3v) is 1.27. The molecular formula is C7H9NO3. The lowest BCUT2D eigenvalue weighted by atomic mass is 10.4. The van der Waals surface area contributed by atoms with Gasteiger partial charge in [-0.1, -0.05) is 0 Å². The molecule has 0 aromatic carbocycles. The monoisotopic (exact) mass is 155 g/mol. The van der Waals surface area contributed by atoms with Gasteiger partial charge >= 0.3 is 0 Å². The van der Waals surface area contributed by atoms with E-state index in [0.29, 0.717) is 5.75 Å². The maximum Gasteiger partial charge on any atom is 0.260 e. The molecule has 1 rings (SSSR count). The smallest absolute Gasteiger partial charge is 0.260 e. The minimum atomic E-state index is -0.0718. The molecule has 0 radical (unpaired) electrons. The molecule has 0 amide bonds. The highest BCUT2D eigenvalue weighted by atomic mass is 16.5. The van der Waals surface area contributed by atoms with Gasteiger partial charge in [0.2, 0.25) is 5.75 Å². The molecule has 0 saturated carbocycles. The summed E-state index contributed by atoms with van der Waals surface area (Å²) in [6.07, 6.45) is 1.50. The van der Waals surface area contributed by atoms with Gasteiger partial charge in [-0.05, 0) is 0 Å². The Kier molecular flexibility index (Phi) is 2.15. The largest absolute Gasteiger partial charge is 0.501 e. The average molecular weight is 155 g/mol. The highest BCUT2D eigenvalue weighted by molar-refractivity contribution is 5.44. The molecule has 0 aliphatic carbocycles. The fraction of sp³-hybridized carbons (Fsp3) is 0.286. The highest BCUT2D eigenvalue weighted by Gasteiger charge is 2.07. The third kappa shape index (κ3) is 1.34. The van der Waals surface area contributed by atoms with E-state index in [0.717, 1.165) is 0 Å². The zero-order valence-corrected chi connectivity index (χ0v) is 6.37. The molecule has 4 heteroatoms. The Morgan fingerprint density at radius 2 is 2.09 bits per heavy atom. The van der Waals surface area contributed by atoms with E-state index in [1.165, 1.54) is 20.4 Å². The molecule has 0 atom stereocenters. The van der Waals surface area contributed by atoms with Crippen LogP contribution in [-0.2, 0) is 0 Å². The summed E-state index contributed by atoms with van der Waals surface area (Å²) >= 11 is 0. The van der Waals surface area contributed by atoms with Gasteiger partial charge in [0.1, 0.15) is 0 Å². The summed E-state index contributed by atoms with van der Waals surface area (Å²) in [5.74, 6) is 0.457. The lowest BCUT2D eigenvalue weighted by molar-refractivity contribution is 0.330. The third-order valence-electron chi connectivity index (χ3n) is 1.27. The van der Waals surface area contributed by atoms with Crippen LogP contribution in [0, 0.1) is 0 Å². The Bertz CT molecular complexity index is 227. The minimum absolute atomic E-state index is 0.0718. The standard InChI is InChI=1S/C7H9NO3/c1-10-5-3-4-8-7(11-2)6(5)9/h3-4,9H,1-2H3. The molecule has 0 aliphatic rings. The number of pyridine rings is 1. The average Bonchev–Trinajstić information content (AvgIpc) is 2.05. The summed E-state index contributed by atoms with van der Waals surface area (Å²) in [5, 5.41) is 9.28. The Morgan fingerprint density at radius 3 is 2.64 bits per heavy atom. The maximum atomic E-state index is 9.28.